The highest BCUT2D eigenvalue weighted by Gasteiger charge is 2.33. The molecule has 2 aliphatic heterocycles. The number of dihydropyridines is 1. The number of aromatic nitrogens is 1. The molecule has 3 heterocycles. The van der Waals surface area contributed by atoms with Gasteiger partial charge in [0, 0.05) is 57.8 Å². The van der Waals surface area contributed by atoms with Crippen molar-refractivity contribution in [3.63, 3.8) is 0 Å². The van der Waals surface area contributed by atoms with Crippen molar-refractivity contribution in [2.24, 2.45) is 4.99 Å². The summed E-state index contributed by atoms with van der Waals surface area (Å²) in [6.45, 7) is 0.743. The van der Waals surface area contributed by atoms with Gasteiger partial charge in [-0.3, -0.25) is 4.99 Å². The average molecular weight is 718 g/mol. The van der Waals surface area contributed by atoms with Crippen LogP contribution in [0.2, 0.25) is 0 Å². The summed E-state index contributed by atoms with van der Waals surface area (Å²) < 4.78 is 2.52. The van der Waals surface area contributed by atoms with Gasteiger partial charge < -0.3 is 9.47 Å². The van der Waals surface area contributed by atoms with Gasteiger partial charge in [0.05, 0.1) is 16.9 Å². The Morgan fingerprint density at radius 2 is 1.32 bits per heavy atom. The van der Waals surface area contributed by atoms with Crippen molar-refractivity contribution < 1.29 is 0 Å². The molecule has 3 aliphatic rings. The summed E-state index contributed by atoms with van der Waals surface area (Å²) in [6.07, 6.45) is 11.1. The highest BCUT2D eigenvalue weighted by molar-refractivity contribution is 6.11. The molecule has 0 radical (unpaired) electrons. The third-order valence-corrected chi connectivity index (χ3v) is 11.7. The minimum atomic E-state index is 0.191. The summed E-state index contributed by atoms with van der Waals surface area (Å²) >= 11 is 0. The van der Waals surface area contributed by atoms with Gasteiger partial charge in [-0.2, -0.15) is 0 Å². The molecule has 56 heavy (non-hydrogen) atoms. The number of benzene rings is 7. The molecule has 0 N–H and O–H groups in total. The second-order valence-corrected chi connectivity index (χ2v) is 15.0. The Hall–Kier alpha value is -6.97. The van der Waals surface area contributed by atoms with Gasteiger partial charge >= 0.3 is 0 Å². The van der Waals surface area contributed by atoms with Gasteiger partial charge in [0.15, 0.2) is 0 Å². The largest absolute Gasteiger partial charge is 0.313 e. The van der Waals surface area contributed by atoms with E-state index in [0.29, 0.717) is 0 Å². The zero-order valence-electron chi connectivity index (χ0n) is 31.0. The quantitative estimate of drug-likeness (QED) is 0.174. The first-order valence-electron chi connectivity index (χ1n) is 19.7. The van der Waals surface area contributed by atoms with Crippen molar-refractivity contribution in [2.75, 3.05) is 11.4 Å². The van der Waals surface area contributed by atoms with E-state index in [1.165, 1.54) is 89.0 Å². The monoisotopic (exact) mass is 717 g/mol. The molecule has 11 rings (SSSR count). The van der Waals surface area contributed by atoms with Crippen LogP contribution >= 0.6 is 0 Å². The lowest BCUT2D eigenvalue weighted by atomic mass is 9.92. The van der Waals surface area contributed by atoms with Crippen LogP contribution in [0.25, 0.3) is 60.8 Å². The summed E-state index contributed by atoms with van der Waals surface area (Å²) in [5.41, 5.74) is 17.2. The standard InChI is InChI=1S/C53H39N3/c1-2-15-36(16-3-1)40-31-41(35-54-34-40)38-19-12-21-42(32-38)55-49-28-9-6-24-46(49)52-47-25-7-10-29-50(47)56(53(52)48-26-8-11-30-51(48)55)43-22-13-20-39(33-43)45-27-14-18-37-17-4-5-23-44(37)45/h1-10,12-29,31-34,41H,11,30,35H2. The minimum absolute atomic E-state index is 0.191. The molecule has 0 saturated carbocycles. The van der Waals surface area contributed by atoms with Crippen LogP contribution in [0.1, 0.15) is 35.6 Å². The normalized spacial score (nSPS) is 16.0. The maximum Gasteiger partial charge on any atom is 0.0637 e. The summed E-state index contributed by atoms with van der Waals surface area (Å²) in [5, 5.41) is 3.77. The summed E-state index contributed by atoms with van der Waals surface area (Å²) in [7, 11) is 0. The van der Waals surface area contributed by atoms with Crippen molar-refractivity contribution >= 4 is 50.4 Å². The molecule has 1 atom stereocenters. The Bertz CT molecular complexity index is 2950. The van der Waals surface area contributed by atoms with Crippen molar-refractivity contribution in [1.82, 2.24) is 4.57 Å². The maximum absolute atomic E-state index is 4.85. The summed E-state index contributed by atoms with van der Waals surface area (Å²) in [4.78, 5) is 7.40. The molecule has 7 aromatic carbocycles. The zero-order chi connectivity index (χ0) is 37.0. The molecule has 1 aromatic heterocycles. The number of hydrogen-bond acceptors (Lipinski definition) is 2. The fourth-order valence-corrected chi connectivity index (χ4v) is 9.22. The number of rotatable bonds is 5. The molecule has 1 unspecified atom stereocenters. The topological polar surface area (TPSA) is 20.5 Å². The van der Waals surface area contributed by atoms with Gasteiger partial charge in [-0.15, -0.1) is 0 Å². The van der Waals surface area contributed by atoms with Crippen LogP contribution in [0.5, 0.6) is 0 Å². The van der Waals surface area contributed by atoms with Crippen LogP contribution in [0, 0.1) is 0 Å². The van der Waals surface area contributed by atoms with E-state index in [1.54, 1.807) is 0 Å². The molecule has 1 aliphatic carbocycles. The summed E-state index contributed by atoms with van der Waals surface area (Å²) in [6, 6.07) is 62.2. The lowest BCUT2D eigenvalue weighted by molar-refractivity contribution is 0.847. The summed E-state index contributed by atoms with van der Waals surface area (Å²) in [5.74, 6) is 0.191. The van der Waals surface area contributed by atoms with Gasteiger partial charge in [-0.1, -0.05) is 152 Å². The first-order valence-corrected chi connectivity index (χ1v) is 19.7. The minimum Gasteiger partial charge on any atom is -0.313 e. The SMILES string of the molecule is C1=CC2=C(CC1)N(c1cccc(C3C=C(c4ccccc4)C=NC3)c1)c1ccccc1-c1c2n(-c2cccc(-c3cccc4ccccc34)c2)c2ccccc12. The van der Waals surface area contributed by atoms with Crippen LogP contribution in [-0.2, 0) is 0 Å². The average Bonchev–Trinajstić information content (AvgIpc) is 3.56. The van der Waals surface area contributed by atoms with Crippen molar-refractivity contribution in [2.45, 2.75) is 18.8 Å². The van der Waals surface area contributed by atoms with Gasteiger partial charge in [-0.05, 0) is 87.8 Å². The third-order valence-electron chi connectivity index (χ3n) is 11.7. The van der Waals surface area contributed by atoms with Gasteiger partial charge in [0.1, 0.15) is 0 Å². The molecule has 3 heteroatoms. The first-order chi connectivity index (χ1) is 27.8. The number of hydrogen-bond donors (Lipinski definition) is 0. The van der Waals surface area contributed by atoms with E-state index in [0.717, 1.165) is 25.1 Å². The van der Waals surface area contributed by atoms with Crippen molar-refractivity contribution in [3.8, 4) is 27.9 Å². The van der Waals surface area contributed by atoms with E-state index in [1.807, 2.05) is 6.21 Å². The number of fused-ring (bicyclic) bond motifs is 7. The molecule has 0 bridgehead atoms. The number of allylic oxidation sites excluding steroid dienone is 5. The Morgan fingerprint density at radius 1 is 0.589 bits per heavy atom. The van der Waals surface area contributed by atoms with Crippen LogP contribution in [0.4, 0.5) is 11.4 Å². The molecule has 3 nitrogen and oxygen atoms in total. The van der Waals surface area contributed by atoms with Crippen LogP contribution in [-0.4, -0.2) is 17.3 Å². The maximum atomic E-state index is 4.85. The van der Waals surface area contributed by atoms with E-state index in [2.05, 4.69) is 198 Å². The third kappa shape index (κ3) is 5.31. The van der Waals surface area contributed by atoms with Crippen LogP contribution in [0.3, 0.4) is 0 Å². The number of anilines is 2. The fraction of sp³-hybridized carbons (Fsp3) is 0.0755. The lowest BCUT2D eigenvalue weighted by Gasteiger charge is -2.31. The predicted octanol–water partition coefficient (Wildman–Crippen LogP) is 13.6. The predicted molar refractivity (Wildman–Crippen MR) is 236 cm³/mol. The fourth-order valence-electron chi connectivity index (χ4n) is 9.22. The van der Waals surface area contributed by atoms with Gasteiger partial charge in [0.2, 0.25) is 0 Å². The second kappa shape index (κ2) is 13.4. The highest BCUT2D eigenvalue weighted by Crippen LogP contribution is 2.52. The number of aliphatic imine (C=N–C) groups is 1. The van der Waals surface area contributed by atoms with E-state index in [-0.39, 0.29) is 5.92 Å². The Labute approximate surface area is 327 Å². The molecule has 8 aromatic rings. The lowest BCUT2D eigenvalue weighted by Crippen LogP contribution is -2.19. The molecular formula is C53H39N3. The molecule has 0 spiro atoms. The molecule has 0 amide bonds. The molecule has 0 fully saturated rings. The van der Waals surface area contributed by atoms with E-state index < -0.39 is 0 Å². The Balaban J connectivity index is 1.12. The van der Waals surface area contributed by atoms with Crippen LogP contribution in [0.15, 0.2) is 199 Å². The van der Waals surface area contributed by atoms with Gasteiger partial charge in [-0.25, -0.2) is 0 Å². The van der Waals surface area contributed by atoms with Crippen molar-refractivity contribution in [3.05, 3.63) is 211 Å². The second-order valence-electron chi connectivity index (χ2n) is 15.0. The van der Waals surface area contributed by atoms with E-state index in [4.69, 9.17) is 4.99 Å². The van der Waals surface area contributed by atoms with Crippen molar-refractivity contribution in [1.29, 1.82) is 0 Å². The Morgan fingerprint density at radius 3 is 2.27 bits per heavy atom. The van der Waals surface area contributed by atoms with Gasteiger partial charge in [0.25, 0.3) is 0 Å². The van der Waals surface area contributed by atoms with E-state index >= 15 is 0 Å². The number of nitrogens with zero attached hydrogens (tertiary/aromatic N) is 3. The van der Waals surface area contributed by atoms with Crippen LogP contribution < -0.4 is 4.90 Å². The Kier molecular flexibility index (Phi) is 7.77. The van der Waals surface area contributed by atoms with E-state index in [9.17, 15) is 0 Å². The molecule has 0 saturated heterocycles. The first kappa shape index (κ1) is 32.5. The smallest absolute Gasteiger partial charge is 0.0637 e. The molecule has 266 valence electrons. The zero-order valence-corrected chi connectivity index (χ0v) is 31.0. The number of para-hydroxylation sites is 2. The highest BCUT2D eigenvalue weighted by atomic mass is 15.2. The molecular weight excluding hydrogens is 679 g/mol.